The van der Waals surface area contributed by atoms with Crippen LogP contribution in [0.2, 0.25) is 0 Å². The van der Waals surface area contributed by atoms with Crippen molar-refractivity contribution in [2.24, 2.45) is 0 Å². The molecule has 0 saturated carbocycles. The molecule has 2 heterocycles. The van der Waals surface area contributed by atoms with E-state index in [1.165, 1.54) is 6.07 Å². The maximum atomic E-state index is 12.2. The molecule has 0 radical (unpaired) electrons. The van der Waals surface area contributed by atoms with Crippen LogP contribution in [-0.4, -0.2) is 26.8 Å². The average Bonchev–Trinajstić information content (AvgIpc) is 3.04. The molecule has 1 amide bonds. The Bertz CT molecular complexity index is 645. The van der Waals surface area contributed by atoms with Gasteiger partial charge in [0, 0.05) is 6.54 Å². The van der Waals surface area contributed by atoms with Gasteiger partial charge in [0.25, 0.3) is 5.91 Å². The monoisotopic (exact) mass is 293 g/mol. The Morgan fingerprint density at radius 3 is 2.70 bits per heavy atom. The standard InChI is InChI=1S/C13H15N3O3S/c1-3-8-7-9(16(4-2)15-8)12(17)14-11-6-5-10(20-11)13(18)19/h5-7H,3-4H2,1-2H3,(H,14,17)(H,18,19). The zero-order valence-corrected chi connectivity index (χ0v) is 12.0. The number of aromatic carboxylic acids is 1. The number of thiophene rings is 1. The smallest absolute Gasteiger partial charge is 0.345 e. The summed E-state index contributed by atoms with van der Waals surface area (Å²) in [7, 11) is 0. The van der Waals surface area contributed by atoms with Crippen molar-refractivity contribution in [1.29, 1.82) is 0 Å². The zero-order chi connectivity index (χ0) is 14.7. The summed E-state index contributed by atoms with van der Waals surface area (Å²) in [5.41, 5.74) is 1.34. The minimum Gasteiger partial charge on any atom is -0.477 e. The van der Waals surface area contributed by atoms with Crippen LogP contribution in [0.5, 0.6) is 0 Å². The van der Waals surface area contributed by atoms with Crippen LogP contribution in [0.25, 0.3) is 0 Å². The van der Waals surface area contributed by atoms with Gasteiger partial charge in [-0.15, -0.1) is 11.3 Å². The molecule has 7 heteroatoms. The minimum atomic E-state index is -0.998. The molecule has 2 rings (SSSR count). The summed E-state index contributed by atoms with van der Waals surface area (Å²) >= 11 is 1.03. The van der Waals surface area contributed by atoms with Gasteiger partial charge in [-0.3, -0.25) is 9.48 Å². The molecule has 0 aliphatic rings. The largest absolute Gasteiger partial charge is 0.477 e. The lowest BCUT2D eigenvalue weighted by Gasteiger charge is -2.04. The van der Waals surface area contributed by atoms with E-state index in [-0.39, 0.29) is 10.8 Å². The quantitative estimate of drug-likeness (QED) is 0.887. The summed E-state index contributed by atoms with van der Waals surface area (Å²) in [5, 5.41) is 16.4. The summed E-state index contributed by atoms with van der Waals surface area (Å²) in [6.45, 7) is 4.49. The highest BCUT2D eigenvalue weighted by molar-refractivity contribution is 7.18. The summed E-state index contributed by atoms with van der Waals surface area (Å²) in [6.07, 6.45) is 0.759. The van der Waals surface area contributed by atoms with Crippen molar-refractivity contribution in [2.45, 2.75) is 26.8 Å². The van der Waals surface area contributed by atoms with Crippen LogP contribution in [0, 0.1) is 0 Å². The summed E-state index contributed by atoms with van der Waals surface area (Å²) in [5.74, 6) is -1.28. The second-order valence-corrected chi connectivity index (χ2v) is 5.20. The number of carboxylic acids is 1. The predicted octanol–water partition coefficient (Wildman–Crippen LogP) is 2.48. The van der Waals surface area contributed by atoms with Crippen molar-refractivity contribution >= 4 is 28.2 Å². The lowest BCUT2D eigenvalue weighted by molar-refractivity contribution is 0.0702. The third-order valence-electron chi connectivity index (χ3n) is 2.78. The maximum absolute atomic E-state index is 12.2. The molecule has 0 spiro atoms. The van der Waals surface area contributed by atoms with Crippen LogP contribution in [0.15, 0.2) is 18.2 Å². The average molecular weight is 293 g/mol. The molecule has 106 valence electrons. The molecule has 2 aromatic rings. The number of aromatic nitrogens is 2. The van der Waals surface area contributed by atoms with Crippen molar-refractivity contribution in [2.75, 3.05) is 5.32 Å². The van der Waals surface area contributed by atoms with Crippen molar-refractivity contribution < 1.29 is 14.7 Å². The summed E-state index contributed by atoms with van der Waals surface area (Å²) in [6, 6.07) is 4.81. The van der Waals surface area contributed by atoms with Gasteiger partial charge in [0.2, 0.25) is 0 Å². The Balaban J connectivity index is 2.18. The van der Waals surface area contributed by atoms with Gasteiger partial charge in [0.15, 0.2) is 0 Å². The first-order valence-corrected chi connectivity index (χ1v) is 7.08. The van der Waals surface area contributed by atoms with Gasteiger partial charge in [-0.05, 0) is 31.5 Å². The molecule has 0 atom stereocenters. The number of rotatable bonds is 5. The molecule has 6 nitrogen and oxygen atoms in total. The van der Waals surface area contributed by atoms with E-state index in [9.17, 15) is 9.59 Å². The Hall–Kier alpha value is -2.15. The second kappa shape index (κ2) is 5.87. The second-order valence-electron chi connectivity index (χ2n) is 4.11. The lowest BCUT2D eigenvalue weighted by Crippen LogP contribution is -2.16. The van der Waals surface area contributed by atoms with E-state index < -0.39 is 5.97 Å². The Kier molecular flexibility index (Phi) is 4.19. The van der Waals surface area contributed by atoms with Crippen molar-refractivity contribution in [3.05, 3.63) is 34.5 Å². The molecule has 0 fully saturated rings. The van der Waals surface area contributed by atoms with E-state index in [0.29, 0.717) is 17.2 Å². The SMILES string of the molecule is CCc1cc(C(=O)Nc2ccc(C(=O)O)s2)n(CC)n1. The molecule has 0 aromatic carbocycles. The normalized spacial score (nSPS) is 10.5. The van der Waals surface area contributed by atoms with E-state index in [1.807, 2.05) is 13.8 Å². The highest BCUT2D eigenvalue weighted by Crippen LogP contribution is 2.22. The van der Waals surface area contributed by atoms with E-state index in [0.717, 1.165) is 23.5 Å². The van der Waals surface area contributed by atoms with E-state index in [4.69, 9.17) is 5.11 Å². The topological polar surface area (TPSA) is 84.2 Å². The summed E-state index contributed by atoms with van der Waals surface area (Å²) < 4.78 is 1.64. The van der Waals surface area contributed by atoms with Crippen LogP contribution in [0.4, 0.5) is 5.00 Å². The molecule has 20 heavy (non-hydrogen) atoms. The van der Waals surface area contributed by atoms with Gasteiger partial charge in [-0.2, -0.15) is 5.10 Å². The van der Waals surface area contributed by atoms with Crippen LogP contribution in [-0.2, 0) is 13.0 Å². The van der Waals surface area contributed by atoms with Crippen molar-refractivity contribution in [1.82, 2.24) is 9.78 Å². The van der Waals surface area contributed by atoms with Gasteiger partial charge in [0.05, 0.1) is 10.7 Å². The Morgan fingerprint density at radius 1 is 1.40 bits per heavy atom. The van der Waals surface area contributed by atoms with E-state index >= 15 is 0 Å². The van der Waals surface area contributed by atoms with Crippen LogP contribution < -0.4 is 5.32 Å². The highest BCUT2D eigenvalue weighted by atomic mass is 32.1. The van der Waals surface area contributed by atoms with Gasteiger partial charge in [-0.25, -0.2) is 4.79 Å². The Morgan fingerprint density at radius 2 is 2.15 bits per heavy atom. The van der Waals surface area contributed by atoms with Gasteiger partial charge in [0.1, 0.15) is 10.6 Å². The molecule has 0 aliphatic carbocycles. The van der Waals surface area contributed by atoms with E-state index in [2.05, 4.69) is 10.4 Å². The van der Waals surface area contributed by atoms with Gasteiger partial charge < -0.3 is 10.4 Å². The predicted molar refractivity (Wildman–Crippen MR) is 76.5 cm³/mol. The van der Waals surface area contributed by atoms with Gasteiger partial charge in [-0.1, -0.05) is 6.92 Å². The number of nitrogens with one attached hydrogen (secondary N) is 1. The minimum absolute atomic E-state index is 0.193. The maximum Gasteiger partial charge on any atom is 0.345 e. The molecular formula is C13H15N3O3S. The number of carbonyl (C=O) groups excluding carboxylic acids is 1. The lowest BCUT2D eigenvalue weighted by atomic mass is 10.3. The highest BCUT2D eigenvalue weighted by Gasteiger charge is 2.15. The first-order chi connectivity index (χ1) is 9.55. The molecule has 2 aromatic heterocycles. The number of nitrogens with zero attached hydrogens (tertiary/aromatic N) is 2. The Labute approximate surface area is 120 Å². The molecular weight excluding hydrogens is 278 g/mol. The fourth-order valence-corrected chi connectivity index (χ4v) is 2.50. The number of carbonyl (C=O) groups is 2. The first-order valence-electron chi connectivity index (χ1n) is 6.26. The van der Waals surface area contributed by atoms with Crippen molar-refractivity contribution in [3.8, 4) is 0 Å². The number of aryl methyl sites for hydroxylation is 2. The molecule has 0 unspecified atom stereocenters. The molecule has 0 bridgehead atoms. The molecule has 2 N–H and O–H groups in total. The molecule has 0 aliphatic heterocycles. The fraction of sp³-hybridized carbons (Fsp3) is 0.308. The first kappa shape index (κ1) is 14.3. The van der Waals surface area contributed by atoms with E-state index in [1.54, 1.807) is 16.8 Å². The third kappa shape index (κ3) is 2.88. The van der Waals surface area contributed by atoms with Crippen LogP contribution >= 0.6 is 11.3 Å². The number of hydrogen-bond acceptors (Lipinski definition) is 4. The van der Waals surface area contributed by atoms with Crippen molar-refractivity contribution in [3.63, 3.8) is 0 Å². The summed E-state index contributed by atoms with van der Waals surface area (Å²) in [4.78, 5) is 23.2. The number of anilines is 1. The number of hydrogen-bond donors (Lipinski definition) is 2. The zero-order valence-electron chi connectivity index (χ0n) is 11.2. The van der Waals surface area contributed by atoms with Crippen LogP contribution in [0.3, 0.4) is 0 Å². The van der Waals surface area contributed by atoms with Crippen LogP contribution in [0.1, 0.15) is 39.7 Å². The fourth-order valence-electron chi connectivity index (χ4n) is 1.76. The number of carboxylic acid groups (broad SMARTS) is 1. The van der Waals surface area contributed by atoms with Gasteiger partial charge >= 0.3 is 5.97 Å². The number of amides is 1. The molecule has 0 saturated heterocycles. The third-order valence-corrected chi connectivity index (χ3v) is 3.77.